The predicted molar refractivity (Wildman–Crippen MR) is 75.1 cm³/mol. The molecule has 0 spiro atoms. The molecule has 1 aromatic heterocycles. The Kier molecular flexibility index (Phi) is 4.69. The topological polar surface area (TPSA) is 73.1 Å². The van der Waals surface area contributed by atoms with Crippen molar-refractivity contribution in [3.8, 4) is 5.88 Å². The zero-order chi connectivity index (χ0) is 13.5. The number of hydrogen-bond donors (Lipinski definition) is 2. The van der Waals surface area contributed by atoms with Gasteiger partial charge in [-0.25, -0.2) is 0 Å². The first kappa shape index (κ1) is 13.3. The van der Waals surface area contributed by atoms with Crippen LogP contribution in [0.4, 0.5) is 5.82 Å². The van der Waals surface area contributed by atoms with Crippen molar-refractivity contribution in [1.82, 2.24) is 9.97 Å². The summed E-state index contributed by atoms with van der Waals surface area (Å²) in [6, 6.07) is 9.86. The lowest BCUT2D eigenvalue weighted by atomic mass is 10.1. The monoisotopic (exact) mass is 258 g/mol. The Morgan fingerprint density at radius 3 is 2.79 bits per heavy atom. The van der Waals surface area contributed by atoms with Crippen LogP contribution in [0.2, 0.25) is 0 Å². The van der Waals surface area contributed by atoms with E-state index in [4.69, 9.17) is 10.5 Å². The minimum absolute atomic E-state index is 0.0845. The van der Waals surface area contributed by atoms with Crippen molar-refractivity contribution >= 4 is 5.82 Å². The van der Waals surface area contributed by atoms with Crippen LogP contribution in [-0.2, 0) is 0 Å². The SMILES string of the molecule is CCOc1cncc(NCC(N)c2ccccc2)n1. The van der Waals surface area contributed by atoms with Gasteiger partial charge in [0.25, 0.3) is 0 Å². The minimum Gasteiger partial charge on any atom is -0.477 e. The van der Waals surface area contributed by atoms with Crippen molar-refractivity contribution in [2.75, 3.05) is 18.5 Å². The molecule has 1 heterocycles. The molecule has 19 heavy (non-hydrogen) atoms. The molecule has 2 rings (SSSR count). The van der Waals surface area contributed by atoms with E-state index in [1.807, 2.05) is 37.3 Å². The normalized spacial score (nSPS) is 11.9. The third kappa shape index (κ3) is 3.93. The molecule has 0 radical (unpaired) electrons. The average molecular weight is 258 g/mol. The van der Waals surface area contributed by atoms with Crippen LogP contribution in [0.3, 0.4) is 0 Å². The Hall–Kier alpha value is -2.14. The summed E-state index contributed by atoms with van der Waals surface area (Å²) in [5.41, 5.74) is 7.18. The maximum Gasteiger partial charge on any atom is 0.234 e. The highest BCUT2D eigenvalue weighted by molar-refractivity contribution is 5.34. The van der Waals surface area contributed by atoms with Gasteiger partial charge in [-0.15, -0.1) is 0 Å². The van der Waals surface area contributed by atoms with Crippen LogP contribution in [0.25, 0.3) is 0 Å². The van der Waals surface area contributed by atoms with E-state index in [9.17, 15) is 0 Å². The van der Waals surface area contributed by atoms with E-state index in [0.29, 0.717) is 24.8 Å². The molecule has 5 heteroatoms. The molecule has 0 bridgehead atoms. The molecule has 0 saturated carbocycles. The van der Waals surface area contributed by atoms with Gasteiger partial charge < -0.3 is 15.8 Å². The number of nitrogens with one attached hydrogen (secondary N) is 1. The van der Waals surface area contributed by atoms with E-state index in [0.717, 1.165) is 5.56 Å². The summed E-state index contributed by atoms with van der Waals surface area (Å²) < 4.78 is 5.29. The van der Waals surface area contributed by atoms with Gasteiger partial charge in [-0.05, 0) is 12.5 Å². The van der Waals surface area contributed by atoms with Crippen molar-refractivity contribution in [2.24, 2.45) is 5.73 Å². The number of ether oxygens (including phenoxy) is 1. The van der Waals surface area contributed by atoms with Gasteiger partial charge in [-0.3, -0.25) is 4.98 Å². The summed E-state index contributed by atoms with van der Waals surface area (Å²) in [5, 5.41) is 3.16. The van der Waals surface area contributed by atoms with E-state index in [1.54, 1.807) is 12.4 Å². The molecule has 1 atom stereocenters. The van der Waals surface area contributed by atoms with Crippen LogP contribution in [0.15, 0.2) is 42.7 Å². The third-order valence-corrected chi connectivity index (χ3v) is 2.64. The first-order chi connectivity index (χ1) is 9.29. The van der Waals surface area contributed by atoms with E-state index >= 15 is 0 Å². The fourth-order valence-electron chi connectivity index (χ4n) is 1.68. The molecule has 0 aliphatic rings. The minimum atomic E-state index is -0.0845. The summed E-state index contributed by atoms with van der Waals surface area (Å²) >= 11 is 0. The Morgan fingerprint density at radius 1 is 1.26 bits per heavy atom. The molecule has 2 aromatic rings. The summed E-state index contributed by atoms with van der Waals surface area (Å²) in [7, 11) is 0. The lowest BCUT2D eigenvalue weighted by Gasteiger charge is -2.13. The molecule has 3 N–H and O–H groups in total. The molecular weight excluding hydrogens is 240 g/mol. The van der Waals surface area contributed by atoms with Crippen molar-refractivity contribution < 1.29 is 4.74 Å². The number of aromatic nitrogens is 2. The number of nitrogens with two attached hydrogens (primary N) is 1. The maximum atomic E-state index is 6.10. The second-order valence-electron chi connectivity index (χ2n) is 4.07. The highest BCUT2D eigenvalue weighted by Gasteiger charge is 2.06. The highest BCUT2D eigenvalue weighted by Crippen LogP contribution is 2.12. The zero-order valence-electron chi connectivity index (χ0n) is 10.9. The van der Waals surface area contributed by atoms with Gasteiger partial charge >= 0.3 is 0 Å². The van der Waals surface area contributed by atoms with Gasteiger partial charge in [0, 0.05) is 12.6 Å². The van der Waals surface area contributed by atoms with Crippen LogP contribution >= 0.6 is 0 Å². The number of anilines is 1. The number of rotatable bonds is 6. The van der Waals surface area contributed by atoms with Crippen molar-refractivity contribution in [1.29, 1.82) is 0 Å². The number of hydrogen-bond acceptors (Lipinski definition) is 5. The van der Waals surface area contributed by atoms with Crippen LogP contribution in [-0.4, -0.2) is 23.1 Å². The van der Waals surface area contributed by atoms with Gasteiger partial charge in [0.2, 0.25) is 5.88 Å². The van der Waals surface area contributed by atoms with Gasteiger partial charge in [0.15, 0.2) is 0 Å². The molecule has 5 nitrogen and oxygen atoms in total. The molecule has 1 aromatic carbocycles. The van der Waals surface area contributed by atoms with Gasteiger partial charge in [0.05, 0.1) is 19.0 Å². The third-order valence-electron chi connectivity index (χ3n) is 2.64. The smallest absolute Gasteiger partial charge is 0.234 e. The second kappa shape index (κ2) is 6.70. The largest absolute Gasteiger partial charge is 0.477 e. The molecule has 0 aliphatic carbocycles. The molecule has 0 fully saturated rings. The lowest BCUT2D eigenvalue weighted by Crippen LogP contribution is -2.21. The first-order valence-electron chi connectivity index (χ1n) is 6.29. The van der Waals surface area contributed by atoms with Crippen molar-refractivity contribution in [3.63, 3.8) is 0 Å². The van der Waals surface area contributed by atoms with E-state index < -0.39 is 0 Å². The summed E-state index contributed by atoms with van der Waals surface area (Å²) in [6.07, 6.45) is 3.24. The molecular formula is C14H18N4O. The van der Waals surface area contributed by atoms with Crippen LogP contribution < -0.4 is 15.8 Å². The molecule has 100 valence electrons. The number of benzene rings is 1. The molecule has 0 aliphatic heterocycles. The van der Waals surface area contributed by atoms with Gasteiger partial charge in [-0.2, -0.15) is 4.98 Å². The second-order valence-corrected chi connectivity index (χ2v) is 4.07. The van der Waals surface area contributed by atoms with Gasteiger partial charge in [0.1, 0.15) is 5.82 Å². The molecule has 1 unspecified atom stereocenters. The standard InChI is InChI=1S/C14H18N4O/c1-2-19-14-10-16-9-13(18-14)17-8-12(15)11-6-4-3-5-7-11/h3-7,9-10,12H,2,8,15H2,1H3,(H,17,18). The quantitative estimate of drug-likeness (QED) is 0.829. The predicted octanol–water partition coefficient (Wildman–Crippen LogP) is 1.99. The Labute approximate surface area is 112 Å². The first-order valence-corrected chi connectivity index (χ1v) is 6.29. The highest BCUT2D eigenvalue weighted by atomic mass is 16.5. The Bertz CT molecular complexity index is 504. The van der Waals surface area contributed by atoms with Crippen molar-refractivity contribution in [2.45, 2.75) is 13.0 Å². The van der Waals surface area contributed by atoms with Gasteiger partial charge in [-0.1, -0.05) is 30.3 Å². The average Bonchev–Trinajstić information content (AvgIpc) is 2.46. The molecule has 0 saturated heterocycles. The molecule has 0 amide bonds. The maximum absolute atomic E-state index is 6.10. The zero-order valence-corrected chi connectivity index (χ0v) is 10.9. The Balaban J connectivity index is 1.93. The van der Waals surface area contributed by atoms with E-state index in [-0.39, 0.29) is 6.04 Å². The fourth-order valence-corrected chi connectivity index (χ4v) is 1.68. The Morgan fingerprint density at radius 2 is 2.05 bits per heavy atom. The van der Waals surface area contributed by atoms with Crippen LogP contribution in [0.5, 0.6) is 5.88 Å². The van der Waals surface area contributed by atoms with E-state index in [2.05, 4.69) is 15.3 Å². The summed E-state index contributed by atoms with van der Waals surface area (Å²) in [6.45, 7) is 3.07. The van der Waals surface area contributed by atoms with Crippen LogP contribution in [0.1, 0.15) is 18.5 Å². The lowest BCUT2D eigenvalue weighted by molar-refractivity contribution is 0.325. The summed E-state index contributed by atoms with van der Waals surface area (Å²) in [4.78, 5) is 8.34. The van der Waals surface area contributed by atoms with Crippen molar-refractivity contribution in [3.05, 3.63) is 48.3 Å². The summed E-state index contributed by atoms with van der Waals surface area (Å²) in [5.74, 6) is 1.18. The fraction of sp³-hybridized carbons (Fsp3) is 0.286. The number of nitrogens with zero attached hydrogens (tertiary/aromatic N) is 2. The van der Waals surface area contributed by atoms with E-state index in [1.165, 1.54) is 0 Å². The van der Waals surface area contributed by atoms with Crippen LogP contribution in [0, 0.1) is 0 Å².